The van der Waals surface area contributed by atoms with Crippen LogP contribution in [-0.4, -0.2) is 11.1 Å². The first-order valence-corrected chi connectivity index (χ1v) is 8.87. The highest BCUT2D eigenvalue weighted by Gasteiger charge is 2.08. The minimum atomic E-state index is -0.931. The third-order valence-electron chi connectivity index (χ3n) is 4.57. The van der Waals surface area contributed by atoms with Gasteiger partial charge in [-0.05, 0) is 48.7 Å². The van der Waals surface area contributed by atoms with Crippen LogP contribution in [0.4, 0.5) is 5.69 Å². The largest absolute Gasteiger partial charge is 0.489 e. The Kier molecular flexibility index (Phi) is 5.77. The molecule has 2 N–H and O–H groups in total. The van der Waals surface area contributed by atoms with Crippen LogP contribution in [0.5, 0.6) is 5.75 Å². The van der Waals surface area contributed by atoms with Crippen LogP contribution in [0.15, 0.2) is 66.7 Å². The van der Waals surface area contributed by atoms with E-state index in [1.807, 2.05) is 49.4 Å². The van der Waals surface area contributed by atoms with Crippen LogP contribution in [0.1, 0.15) is 32.6 Å². The molecule has 0 heterocycles. The molecule has 3 rings (SSSR count). The van der Waals surface area contributed by atoms with Gasteiger partial charge in [0.2, 0.25) is 0 Å². The van der Waals surface area contributed by atoms with Gasteiger partial charge in [-0.3, -0.25) is 0 Å². The number of benzene rings is 3. The molecular formula is C23H23NO3. The monoisotopic (exact) mass is 361 g/mol. The lowest BCUT2D eigenvalue weighted by Crippen LogP contribution is -2.06. The minimum absolute atomic E-state index is 0.271. The summed E-state index contributed by atoms with van der Waals surface area (Å²) >= 11 is 0. The molecular weight excluding hydrogens is 338 g/mol. The van der Waals surface area contributed by atoms with Gasteiger partial charge < -0.3 is 15.2 Å². The quantitative estimate of drug-likeness (QED) is 0.608. The first-order chi connectivity index (χ1) is 13.0. The van der Waals surface area contributed by atoms with Gasteiger partial charge in [0.25, 0.3) is 0 Å². The van der Waals surface area contributed by atoms with E-state index >= 15 is 0 Å². The highest BCUT2D eigenvalue weighted by molar-refractivity contribution is 5.89. The lowest BCUT2D eigenvalue weighted by molar-refractivity contribution is 0.0697. The fourth-order valence-corrected chi connectivity index (χ4v) is 2.85. The molecule has 27 heavy (non-hydrogen) atoms. The Morgan fingerprint density at radius 3 is 2.37 bits per heavy atom. The van der Waals surface area contributed by atoms with Gasteiger partial charge in [0.1, 0.15) is 12.4 Å². The fourth-order valence-electron chi connectivity index (χ4n) is 2.85. The number of para-hydroxylation sites is 1. The predicted octanol–water partition coefficient (Wildman–Crippen LogP) is 5.19. The maximum Gasteiger partial charge on any atom is 0.335 e. The molecule has 3 aromatic rings. The summed E-state index contributed by atoms with van der Waals surface area (Å²) in [5.74, 6) is -0.111. The average Bonchev–Trinajstić information content (AvgIpc) is 2.67. The number of carbonyl (C=O) groups is 1. The van der Waals surface area contributed by atoms with Crippen LogP contribution in [0.2, 0.25) is 0 Å². The van der Waals surface area contributed by atoms with Gasteiger partial charge in [-0.25, -0.2) is 4.79 Å². The zero-order valence-corrected chi connectivity index (χ0v) is 15.5. The maximum atomic E-state index is 11.2. The molecule has 0 saturated heterocycles. The van der Waals surface area contributed by atoms with Gasteiger partial charge in [0.15, 0.2) is 0 Å². The lowest BCUT2D eigenvalue weighted by atomic mass is 10.1. The van der Waals surface area contributed by atoms with E-state index in [9.17, 15) is 9.90 Å². The Morgan fingerprint density at radius 1 is 0.926 bits per heavy atom. The number of aryl methyl sites for hydroxylation is 2. The van der Waals surface area contributed by atoms with Gasteiger partial charge in [-0.15, -0.1) is 0 Å². The second-order valence-electron chi connectivity index (χ2n) is 6.51. The maximum absolute atomic E-state index is 11.2. The van der Waals surface area contributed by atoms with E-state index in [0.717, 1.165) is 28.1 Å². The number of hydrogen-bond acceptors (Lipinski definition) is 3. The summed E-state index contributed by atoms with van der Waals surface area (Å²) in [5, 5.41) is 12.5. The molecule has 0 aliphatic heterocycles. The third kappa shape index (κ3) is 4.67. The predicted molar refractivity (Wildman–Crippen MR) is 107 cm³/mol. The highest BCUT2D eigenvalue weighted by atomic mass is 16.5. The van der Waals surface area contributed by atoms with Crippen LogP contribution < -0.4 is 10.1 Å². The van der Waals surface area contributed by atoms with E-state index < -0.39 is 5.97 Å². The van der Waals surface area contributed by atoms with Crippen LogP contribution in [0, 0.1) is 13.8 Å². The number of carboxylic acids is 1. The van der Waals surface area contributed by atoms with Crippen molar-refractivity contribution in [2.24, 2.45) is 0 Å². The van der Waals surface area contributed by atoms with Crippen molar-refractivity contribution in [2.45, 2.75) is 27.0 Å². The number of anilines is 1. The van der Waals surface area contributed by atoms with Crippen LogP contribution in [0.25, 0.3) is 0 Å². The van der Waals surface area contributed by atoms with Crippen LogP contribution in [0.3, 0.4) is 0 Å². The van der Waals surface area contributed by atoms with E-state index in [0.29, 0.717) is 13.2 Å². The lowest BCUT2D eigenvalue weighted by Gasteiger charge is -2.15. The zero-order chi connectivity index (χ0) is 19.2. The zero-order valence-electron chi connectivity index (χ0n) is 15.5. The fraction of sp³-hybridized carbons (Fsp3) is 0.174. The molecule has 138 valence electrons. The van der Waals surface area contributed by atoms with Crippen molar-refractivity contribution >= 4 is 11.7 Å². The number of carboxylic acid groups (broad SMARTS) is 1. The molecule has 3 aromatic carbocycles. The summed E-state index contributed by atoms with van der Waals surface area (Å²) in [7, 11) is 0. The molecule has 0 spiro atoms. The van der Waals surface area contributed by atoms with Crippen molar-refractivity contribution in [2.75, 3.05) is 5.32 Å². The van der Waals surface area contributed by atoms with Crippen molar-refractivity contribution in [3.8, 4) is 5.75 Å². The van der Waals surface area contributed by atoms with Gasteiger partial charge in [-0.2, -0.15) is 0 Å². The topological polar surface area (TPSA) is 58.6 Å². The van der Waals surface area contributed by atoms with Crippen molar-refractivity contribution in [3.63, 3.8) is 0 Å². The average molecular weight is 361 g/mol. The van der Waals surface area contributed by atoms with Crippen molar-refractivity contribution in [1.29, 1.82) is 0 Å². The van der Waals surface area contributed by atoms with Gasteiger partial charge in [0, 0.05) is 17.8 Å². The summed E-state index contributed by atoms with van der Waals surface area (Å²) < 4.78 is 6.05. The van der Waals surface area contributed by atoms with Crippen molar-refractivity contribution in [1.82, 2.24) is 0 Å². The number of aromatic carboxylic acids is 1. The number of nitrogens with one attached hydrogen (secondary N) is 1. The van der Waals surface area contributed by atoms with E-state index in [4.69, 9.17) is 4.74 Å². The van der Waals surface area contributed by atoms with E-state index in [-0.39, 0.29) is 5.56 Å². The van der Waals surface area contributed by atoms with Gasteiger partial charge >= 0.3 is 5.97 Å². The van der Waals surface area contributed by atoms with Gasteiger partial charge in [0.05, 0.1) is 5.56 Å². The van der Waals surface area contributed by atoms with E-state index in [2.05, 4.69) is 24.4 Å². The summed E-state index contributed by atoms with van der Waals surface area (Å²) in [6.07, 6.45) is 0. The number of rotatable bonds is 7. The highest BCUT2D eigenvalue weighted by Crippen LogP contribution is 2.23. The summed E-state index contributed by atoms with van der Waals surface area (Å²) in [5.41, 5.74) is 5.46. The summed E-state index contributed by atoms with van der Waals surface area (Å²) in [6, 6.07) is 21.1. The summed E-state index contributed by atoms with van der Waals surface area (Å²) in [4.78, 5) is 11.2. The number of ether oxygens (including phenoxy) is 1. The molecule has 0 bridgehead atoms. The molecule has 0 aliphatic rings. The summed E-state index contributed by atoms with van der Waals surface area (Å²) in [6.45, 7) is 5.09. The Hall–Kier alpha value is -3.27. The molecule has 0 aliphatic carbocycles. The van der Waals surface area contributed by atoms with Gasteiger partial charge in [-0.1, -0.05) is 48.5 Å². The van der Waals surface area contributed by atoms with Crippen LogP contribution >= 0.6 is 0 Å². The molecule has 0 atom stereocenters. The second kappa shape index (κ2) is 8.41. The first-order valence-electron chi connectivity index (χ1n) is 8.87. The minimum Gasteiger partial charge on any atom is -0.489 e. The smallest absolute Gasteiger partial charge is 0.335 e. The second-order valence-corrected chi connectivity index (χ2v) is 6.51. The molecule has 0 fully saturated rings. The standard InChI is InChI=1S/C23H23NO3/c1-16-7-3-4-9-20(16)15-27-22-10-6-5-8-19(22)14-24-21-13-18(23(25)26)12-11-17(21)2/h3-13,24H,14-15H2,1-2H3,(H,25,26). The Labute approximate surface area is 159 Å². The molecule has 0 radical (unpaired) electrons. The van der Waals surface area contributed by atoms with E-state index in [1.54, 1.807) is 12.1 Å². The Morgan fingerprint density at radius 2 is 1.63 bits per heavy atom. The molecule has 4 nitrogen and oxygen atoms in total. The SMILES string of the molecule is Cc1ccccc1COc1ccccc1CNc1cc(C(=O)O)ccc1C. The molecule has 4 heteroatoms. The molecule has 0 amide bonds. The molecule has 0 saturated carbocycles. The van der Waals surface area contributed by atoms with Crippen molar-refractivity contribution in [3.05, 3.63) is 94.5 Å². The van der Waals surface area contributed by atoms with Crippen molar-refractivity contribution < 1.29 is 14.6 Å². The first kappa shape index (κ1) is 18.5. The molecule has 0 unspecified atom stereocenters. The normalized spacial score (nSPS) is 10.4. The third-order valence-corrected chi connectivity index (χ3v) is 4.57. The van der Waals surface area contributed by atoms with E-state index in [1.165, 1.54) is 5.56 Å². The number of hydrogen-bond donors (Lipinski definition) is 2. The Bertz CT molecular complexity index is 950. The Balaban J connectivity index is 1.72. The van der Waals surface area contributed by atoms with Crippen LogP contribution in [-0.2, 0) is 13.2 Å². The molecule has 0 aromatic heterocycles.